The molecule has 1 fully saturated rings. The second-order valence-corrected chi connectivity index (χ2v) is 7.08. The maximum absolute atomic E-state index is 14.0. The summed E-state index contributed by atoms with van der Waals surface area (Å²) < 4.78 is 39.5. The number of hydrogen-bond donors (Lipinski definition) is 2. The van der Waals surface area contributed by atoms with Crippen molar-refractivity contribution in [3.63, 3.8) is 0 Å². The third-order valence-electron chi connectivity index (χ3n) is 3.47. The molecule has 1 amide bonds. The smallest absolute Gasteiger partial charge is 0.246 e. The highest BCUT2D eigenvalue weighted by atomic mass is 32.2. The largest absolute Gasteiger partial charge is 0.387 e. The molecule has 0 saturated carbocycles. The number of nitrogens with zero attached hydrogens (tertiary/aromatic N) is 1. The number of rotatable bonds is 4. The molecule has 0 radical (unpaired) electrons. The summed E-state index contributed by atoms with van der Waals surface area (Å²) in [5.41, 5.74) is -0.840. The van der Waals surface area contributed by atoms with Crippen LogP contribution < -0.4 is 5.32 Å². The van der Waals surface area contributed by atoms with E-state index < -0.39 is 26.3 Å². The highest BCUT2D eigenvalue weighted by Gasteiger charge is 2.46. The van der Waals surface area contributed by atoms with Crippen LogP contribution in [0.2, 0.25) is 0 Å². The molecule has 0 spiro atoms. The summed E-state index contributed by atoms with van der Waals surface area (Å²) in [6.45, 7) is 2.94. The Labute approximate surface area is 122 Å². The number of aliphatic hydroxyl groups is 1. The Hall–Kier alpha value is -1.51. The minimum absolute atomic E-state index is 0.0429. The average molecular weight is 316 g/mol. The Morgan fingerprint density at radius 3 is 2.57 bits per heavy atom. The van der Waals surface area contributed by atoms with Crippen LogP contribution in [-0.2, 0) is 14.8 Å². The van der Waals surface area contributed by atoms with Gasteiger partial charge in [-0.05, 0) is 24.6 Å². The Morgan fingerprint density at radius 1 is 1.48 bits per heavy atom. The highest BCUT2D eigenvalue weighted by molar-refractivity contribution is 7.89. The van der Waals surface area contributed by atoms with Crippen LogP contribution in [0.15, 0.2) is 23.1 Å². The van der Waals surface area contributed by atoms with Gasteiger partial charge in [0, 0.05) is 25.7 Å². The molecular weight excluding hydrogens is 299 g/mol. The summed E-state index contributed by atoms with van der Waals surface area (Å²) in [5.74, 6) is -1.31. The molecule has 1 aromatic rings. The first-order valence-electron chi connectivity index (χ1n) is 6.48. The maximum Gasteiger partial charge on any atom is 0.246 e. The number of anilines is 1. The zero-order valence-corrected chi connectivity index (χ0v) is 12.6. The van der Waals surface area contributed by atoms with Crippen molar-refractivity contribution in [3.8, 4) is 0 Å². The van der Waals surface area contributed by atoms with Crippen LogP contribution in [0.3, 0.4) is 0 Å². The number of carbonyl (C=O) groups is 1. The molecule has 0 unspecified atom stereocenters. The molecule has 1 aliphatic heterocycles. The summed E-state index contributed by atoms with van der Waals surface area (Å²) in [5, 5.41) is 12.2. The van der Waals surface area contributed by atoms with E-state index in [0.29, 0.717) is 6.42 Å². The third kappa shape index (κ3) is 3.07. The molecule has 0 aliphatic carbocycles. The van der Waals surface area contributed by atoms with Gasteiger partial charge in [0.25, 0.3) is 0 Å². The van der Waals surface area contributed by atoms with Gasteiger partial charge in [-0.2, -0.15) is 4.31 Å². The van der Waals surface area contributed by atoms with Crippen molar-refractivity contribution in [2.75, 3.05) is 18.4 Å². The number of amides is 1. The van der Waals surface area contributed by atoms with Gasteiger partial charge in [-0.25, -0.2) is 12.8 Å². The lowest BCUT2D eigenvalue weighted by atomic mass is 9.94. The molecule has 0 aromatic heterocycles. The monoisotopic (exact) mass is 316 g/mol. The van der Waals surface area contributed by atoms with E-state index in [2.05, 4.69) is 5.32 Å². The molecule has 1 heterocycles. The summed E-state index contributed by atoms with van der Waals surface area (Å²) >= 11 is 0. The predicted molar refractivity (Wildman–Crippen MR) is 74.7 cm³/mol. The van der Waals surface area contributed by atoms with Crippen LogP contribution in [0, 0.1) is 5.82 Å². The third-order valence-corrected chi connectivity index (χ3v) is 5.29. The van der Waals surface area contributed by atoms with Gasteiger partial charge in [-0.15, -0.1) is 0 Å². The molecule has 0 atom stereocenters. The predicted octanol–water partition coefficient (Wildman–Crippen LogP) is 0.930. The SMILES string of the molecule is CCC1(O)CN(S(=O)(=O)c2ccc(NC(C)=O)cc2F)C1. The van der Waals surface area contributed by atoms with Gasteiger partial charge in [0.05, 0.1) is 5.60 Å². The van der Waals surface area contributed by atoms with Gasteiger partial charge in [0.2, 0.25) is 15.9 Å². The van der Waals surface area contributed by atoms with E-state index in [1.54, 1.807) is 6.92 Å². The second-order valence-electron chi connectivity index (χ2n) is 5.18. The van der Waals surface area contributed by atoms with Crippen LogP contribution >= 0.6 is 0 Å². The summed E-state index contributed by atoms with van der Waals surface area (Å²) in [4.78, 5) is 10.4. The van der Waals surface area contributed by atoms with E-state index in [0.717, 1.165) is 16.4 Å². The average Bonchev–Trinajstić information content (AvgIpc) is 2.33. The Balaban J connectivity index is 2.24. The molecule has 1 aliphatic rings. The van der Waals surface area contributed by atoms with E-state index in [-0.39, 0.29) is 24.7 Å². The topological polar surface area (TPSA) is 86.7 Å². The number of carbonyl (C=O) groups excluding carboxylic acids is 1. The van der Waals surface area contributed by atoms with Gasteiger partial charge in [0.15, 0.2) is 0 Å². The fourth-order valence-corrected chi connectivity index (χ4v) is 3.78. The van der Waals surface area contributed by atoms with Crippen molar-refractivity contribution in [2.45, 2.75) is 30.8 Å². The minimum Gasteiger partial charge on any atom is -0.387 e. The summed E-state index contributed by atoms with van der Waals surface area (Å²) in [7, 11) is -3.97. The van der Waals surface area contributed by atoms with Crippen LogP contribution in [0.1, 0.15) is 20.3 Å². The Kier molecular flexibility index (Phi) is 4.05. The van der Waals surface area contributed by atoms with Crippen molar-refractivity contribution >= 4 is 21.6 Å². The number of halogens is 1. The summed E-state index contributed by atoms with van der Waals surface area (Å²) in [6, 6.07) is 3.39. The van der Waals surface area contributed by atoms with E-state index in [1.807, 2.05) is 0 Å². The first kappa shape index (κ1) is 15.9. The minimum atomic E-state index is -3.97. The van der Waals surface area contributed by atoms with Crippen molar-refractivity contribution in [2.24, 2.45) is 0 Å². The van der Waals surface area contributed by atoms with Crippen LogP contribution in [0.5, 0.6) is 0 Å². The maximum atomic E-state index is 14.0. The number of sulfonamides is 1. The number of nitrogens with one attached hydrogen (secondary N) is 1. The Bertz CT molecular complexity index is 669. The van der Waals surface area contributed by atoms with Crippen molar-refractivity contribution in [1.82, 2.24) is 4.31 Å². The normalized spacial score (nSPS) is 18.1. The van der Waals surface area contributed by atoms with E-state index in [4.69, 9.17) is 0 Å². The van der Waals surface area contributed by atoms with Crippen molar-refractivity contribution in [3.05, 3.63) is 24.0 Å². The standard InChI is InChI=1S/C13H17FN2O4S/c1-3-13(18)7-16(8-13)21(19,20)12-5-4-10(6-11(12)14)15-9(2)17/h4-6,18H,3,7-8H2,1-2H3,(H,15,17). The molecule has 6 nitrogen and oxygen atoms in total. The van der Waals surface area contributed by atoms with Gasteiger partial charge < -0.3 is 10.4 Å². The van der Waals surface area contributed by atoms with Gasteiger partial charge in [0.1, 0.15) is 10.7 Å². The molecule has 2 rings (SSSR count). The first-order valence-corrected chi connectivity index (χ1v) is 7.92. The molecule has 2 N–H and O–H groups in total. The molecule has 1 saturated heterocycles. The van der Waals surface area contributed by atoms with Crippen molar-refractivity contribution in [1.29, 1.82) is 0 Å². The highest BCUT2D eigenvalue weighted by Crippen LogP contribution is 2.31. The molecule has 0 bridgehead atoms. The fourth-order valence-electron chi connectivity index (χ4n) is 2.13. The molecule has 1 aromatic carbocycles. The van der Waals surface area contributed by atoms with Gasteiger partial charge >= 0.3 is 0 Å². The zero-order valence-electron chi connectivity index (χ0n) is 11.8. The number of β-amino-alcohol motifs (C(OH)–C–C–N with tert-alkyl or cyclic N) is 1. The second kappa shape index (κ2) is 5.36. The quantitative estimate of drug-likeness (QED) is 0.865. The lowest BCUT2D eigenvalue weighted by Crippen LogP contribution is -2.62. The van der Waals surface area contributed by atoms with E-state index in [1.165, 1.54) is 13.0 Å². The van der Waals surface area contributed by atoms with Crippen molar-refractivity contribution < 1.29 is 22.7 Å². The van der Waals surface area contributed by atoms with Crippen LogP contribution in [0.4, 0.5) is 10.1 Å². The fraction of sp³-hybridized carbons (Fsp3) is 0.462. The number of benzene rings is 1. The van der Waals surface area contributed by atoms with E-state index in [9.17, 15) is 22.7 Å². The number of hydrogen-bond acceptors (Lipinski definition) is 4. The van der Waals surface area contributed by atoms with Gasteiger partial charge in [-0.1, -0.05) is 6.92 Å². The Morgan fingerprint density at radius 2 is 2.10 bits per heavy atom. The molecule has 8 heteroatoms. The van der Waals surface area contributed by atoms with Crippen LogP contribution in [-0.4, -0.2) is 42.4 Å². The van der Waals surface area contributed by atoms with Gasteiger partial charge in [-0.3, -0.25) is 4.79 Å². The lowest BCUT2D eigenvalue weighted by molar-refractivity contribution is -0.114. The molecule has 21 heavy (non-hydrogen) atoms. The summed E-state index contributed by atoms with van der Waals surface area (Å²) in [6.07, 6.45) is 0.434. The van der Waals surface area contributed by atoms with E-state index >= 15 is 0 Å². The molecular formula is C13H17FN2O4S. The van der Waals surface area contributed by atoms with Crippen LogP contribution in [0.25, 0.3) is 0 Å². The first-order chi connectivity index (χ1) is 9.68. The lowest BCUT2D eigenvalue weighted by Gasteiger charge is -2.44. The zero-order chi connectivity index (χ0) is 15.8. The molecule has 116 valence electrons.